The number of halogens is 2. The van der Waals surface area contributed by atoms with E-state index < -0.39 is 11.6 Å². The fourth-order valence-corrected chi connectivity index (χ4v) is 4.04. The summed E-state index contributed by atoms with van der Waals surface area (Å²) in [5, 5.41) is 4.94. The second-order valence-corrected chi connectivity index (χ2v) is 7.35. The van der Waals surface area contributed by atoms with Gasteiger partial charge in [0.2, 0.25) is 5.91 Å². The third-order valence-corrected chi connectivity index (χ3v) is 5.54. The Balaban J connectivity index is 1.40. The fourth-order valence-electron chi connectivity index (χ4n) is 3.31. The standard InChI is InChI=1S/C19H18F2N4OS/c1-12-17-3-2-6-24(17)7-8-25(12)10-18(26)23-19-22-16(11-27-19)13-4-5-14(20)15(21)9-13/h2-6,9,11-12H,7-8,10H2,1H3,(H,22,23,26). The lowest BCUT2D eigenvalue weighted by molar-refractivity contribution is -0.118. The molecule has 0 aliphatic carbocycles. The summed E-state index contributed by atoms with van der Waals surface area (Å²) in [6.07, 6.45) is 2.05. The highest BCUT2D eigenvalue weighted by Crippen LogP contribution is 2.27. The average Bonchev–Trinajstić information content (AvgIpc) is 3.29. The number of amides is 1. The lowest BCUT2D eigenvalue weighted by atomic mass is 10.1. The largest absolute Gasteiger partial charge is 0.349 e. The average molecular weight is 388 g/mol. The van der Waals surface area contributed by atoms with Crippen molar-refractivity contribution in [2.24, 2.45) is 0 Å². The van der Waals surface area contributed by atoms with Crippen molar-refractivity contribution < 1.29 is 13.6 Å². The molecule has 3 aromatic rings. The maximum Gasteiger partial charge on any atom is 0.240 e. The number of hydrogen-bond acceptors (Lipinski definition) is 4. The zero-order chi connectivity index (χ0) is 19.0. The van der Waals surface area contributed by atoms with E-state index in [2.05, 4.69) is 39.0 Å². The number of hydrogen-bond donors (Lipinski definition) is 1. The van der Waals surface area contributed by atoms with Crippen molar-refractivity contribution in [3.63, 3.8) is 0 Å². The third-order valence-electron chi connectivity index (χ3n) is 4.78. The van der Waals surface area contributed by atoms with Crippen LogP contribution in [0.2, 0.25) is 0 Å². The molecule has 0 saturated heterocycles. The van der Waals surface area contributed by atoms with Crippen LogP contribution in [0.15, 0.2) is 41.9 Å². The quantitative estimate of drug-likeness (QED) is 0.737. The van der Waals surface area contributed by atoms with E-state index in [1.165, 1.54) is 23.1 Å². The number of carbonyl (C=O) groups excluding carboxylic acids is 1. The first-order valence-corrected chi connectivity index (χ1v) is 9.49. The van der Waals surface area contributed by atoms with Gasteiger partial charge in [-0.15, -0.1) is 11.3 Å². The molecule has 4 rings (SSSR count). The van der Waals surface area contributed by atoms with Crippen LogP contribution in [0, 0.1) is 11.6 Å². The summed E-state index contributed by atoms with van der Waals surface area (Å²) < 4.78 is 28.6. The van der Waals surface area contributed by atoms with Gasteiger partial charge in [0, 0.05) is 42.0 Å². The molecule has 0 saturated carbocycles. The van der Waals surface area contributed by atoms with Gasteiger partial charge in [-0.1, -0.05) is 0 Å². The van der Waals surface area contributed by atoms with Crippen LogP contribution in [0.3, 0.4) is 0 Å². The highest BCUT2D eigenvalue weighted by atomic mass is 32.1. The predicted molar refractivity (Wildman–Crippen MR) is 101 cm³/mol. The Hall–Kier alpha value is -2.58. The minimum Gasteiger partial charge on any atom is -0.349 e. The molecule has 0 fully saturated rings. The molecule has 0 spiro atoms. The number of thiazole rings is 1. The van der Waals surface area contributed by atoms with Crippen molar-refractivity contribution in [2.75, 3.05) is 18.4 Å². The van der Waals surface area contributed by atoms with E-state index >= 15 is 0 Å². The maximum atomic E-state index is 13.4. The number of fused-ring (bicyclic) bond motifs is 1. The van der Waals surface area contributed by atoms with Crippen molar-refractivity contribution in [1.29, 1.82) is 0 Å². The van der Waals surface area contributed by atoms with Gasteiger partial charge >= 0.3 is 0 Å². The van der Waals surface area contributed by atoms with E-state index in [-0.39, 0.29) is 18.5 Å². The highest BCUT2D eigenvalue weighted by molar-refractivity contribution is 7.14. The van der Waals surface area contributed by atoms with Crippen LogP contribution < -0.4 is 5.32 Å². The van der Waals surface area contributed by atoms with Crippen LogP contribution in [-0.2, 0) is 11.3 Å². The number of anilines is 1. The third kappa shape index (κ3) is 3.63. The van der Waals surface area contributed by atoms with Crippen LogP contribution >= 0.6 is 11.3 Å². The SMILES string of the molecule is CC1c2cccn2CCN1CC(=O)Nc1nc(-c2ccc(F)c(F)c2)cs1. The smallest absolute Gasteiger partial charge is 0.240 e. The molecule has 1 unspecified atom stereocenters. The minimum atomic E-state index is -0.921. The lowest BCUT2D eigenvalue weighted by Crippen LogP contribution is -2.41. The summed E-state index contributed by atoms with van der Waals surface area (Å²) in [6.45, 7) is 4.01. The monoisotopic (exact) mass is 388 g/mol. The predicted octanol–water partition coefficient (Wildman–Crippen LogP) is 3.91. The minimum absolute atomic E-state index is 0.145. The maximum absolute atomic E-state index is 13.4. The van der Waals surface area contributed by atoms with Crippen LogP contribution in [0.5, 0.6) is 0 Å². The molecule has 8 heteroatoms. The second-order valence-electron chi connectivity index (χ2n) is 6.49. The molecule has 1 N–H and O–H groups in total. The summed E-state index contributed by atoms with van der Waals surface area (Å²) in [7, 11) is 0. The Labute approximate surface area is 159 Å². The Morgan fingerprint density at radius 1 is 1.30 bits per heavy atom. The summed E-state index contributed by atoms with van der Waals surface area (Å²) in [5.41, 5.74) is 2.17. The molecular weight excluding hydrogens is 370 g/mol. The summed E-state index contributed by atoms with van der Waals surface area (Å²) in [5.74, 6) is -1.97. The number of rotatable bonds is 4. The van der Waals surface area contributed by atoms with Crippen molar-refractivity contribution in [3.05, 3.63) is 59.2 Å². The van der Waals surface area contributed by atoms with Crippen molar-refractivity contribution >= 4 is 22.4 Å². The van der Waals surface area contributed by atoms with Gasteiger partial charge in [-0.25, -0.2) is 13.8 Å². The van der Waals surface area contributed by atoms with E-state index in [9.17, 15) is 13.6 Å². The number of carbonyl (C=O) groups is 1. The van der Waals surface area contributed by atoms with Gasteiger partial charge in [0.25, 0.3) is 0 Å². The van der Waals surface area contributed by atoms with Gasteiger partial charge in [-0.05, 0) is 37.3 Å². The van der Waals surface area contributed by atoms with Gasteiger partial charge < -0.3 is 9.88 Å². The Kier molecular flexibility index (Phi) is 4.75. The van der Waals surface area contributed by atoms with Gasteiger partial charge in [-0.3, -0.25) is 9.69 Å². The Morgan fingerprint density at radius 2 is 2.15 bits per heavy atom. The first kappa shape index (κ1) is 17.8. The molecule has 1 atom stereocenters. The van der Waals surface area contributed by atoms with Crippen molar-refractivity contribution in [1.82, 2.24) is 14.5 Å². The van der Waals surface area contributed by atoms with Crippen molar-refractivity contribution in [2.45, 2.75) is 19.5 Å². The molecule has 0 radical (unpaired) electrons. The van der Waals surface area contributed by atoms with Crippen LogP contribution in [0.25, 0.3) is 11.3 Å². The van der Waals surface area contributed by atoms with Crippen LogP contribution in [0.1, 0.15) is 18.7 Å². The van der Waals surface area contributed by atoms with Crippen LogP contribution in [0.4, 0.5) is 13.9 Å². The summed E-state index contributed by atoms with van der Waals surface area (Å²) in [6, 6.07) is 7.88. The van der Waals surface area contributed by atoms with Gasteiger partial charge in [-0.2, -0.15) is 0 Å². The number of nitrogens with one attached hydrogen (secondary N) is 1. The Bertz CT molecular complexity index is 984. The van der Waals surface area contributed by atoms with Gasteiger partial charge in [0.1, 0.15) is 0 Å². The molecular formula is C19H18F2N4OS. The molecule has 1 aliphatic rings. The number of nitrogens with zero attached hydrogens (tertiary/aromatic N) is 3. The normalized spacial score (nSPS) is 16.9. The zero-order valence-corrected chi connectivity index (χ0v) is 15.5. The van der Waals surface area contributed by atoms with E-state index in [1.807, 2.05) is 6.07 Å². The molecule has 0 bridgehead atoms. The molecule has 140 valence electrons. The van der Waals surface area contributed by atoms with Gasteiger partial charge in [0.15, 0.2) is 16.8 Å². The van der Waals surface area contributed by atoms with Crippen LogP contribution in [-0.4, -0.2) is 33.4 Å². The molecule has 1 aromatic carbocycles. The van der Waals surface area contributed by atoms with E-state index in [1.54, 1.807) is 5.38 Å². The van der Waals surface area contributed by atoms with Gasteiger partial charge in [0.05, 0.1) is 12.2 Å². The molecule has 1 amide bonds. The molecule has 1 aliphatic heterocycles. The number of benzene rings is 1. The fraction of sp³-hybridized carbons (Fsp3) is 0.263. The molecule has 5 nitrogen and oxygen atoms in total. The first-order valence-electron chi connectivity index (χ1n) is 8.61. The van der Waals surface area contributed by atoms with E-state index in [4.69, 9.17) is 0 Å². The Morgan fingerprint density at radius 3 is 2.96 bits per heavy atom. The van der Waals surface area contributed by atoms with E-state index in [0.717, 1.165) is 25.2 Å². The van der Waals surface area contributed by atoms with E-state index in [0.29, 0.717) is 16.4 Å². The lowest BCUT2D eigenvalue weighted by Gasteiger charge is -2.34. The van der Waals surface area contributed by atoms with Crippen molar-refractivity contribution in [3.8, 4) is 11.3 Å². The summed E-state index contributed by atoms with van der Waals surface area (Å²) >= 11 is 1.25. The summed E-state index contributed by atoms with van der Waals surface area (Å²) in [4.78, 5) is 18.8. The zero-order valence-electron chi connectivity index (χ0n) is 14.7. The highest BCUT2D eigenvalue weighted by Gasteiger charge is 2.25. The second kappa shape index (κ2) is 7.21. The first-order chi connectivity index (χ1) is 13.0. The number of aromatic nitrogens is 2. The topological polar surface area (TPSA) is 50.2 Å². The molecule has 27 heavy (non-hydrogen) atoms. The molecule has 3 heterocycles. The molecule has 2 aromatic heterocycles.